The van der Waals surface area contributed by atoms with E-state index in [9.17, 15) is 4.79 Å². The van der Waals surface area contributed by atoms with Crippen LogP contribution in [-0.4, -0.2) is 25.2 Å². The van der Waals surface area contributed by atoms with E-state index in [0.29, 0.717) is 6.04 Å². The minimum absolute atomic E-state index is 0. The lowest BCUT2D eigenvalue weighted by Crippen LogP contribution is -2.37. The van der Waals surface area contributed by atoms with E-state index in [1.807, 2.05) is 0 Å². The van der Waals surface area contributed by atoms with Gasteiger partial charge in [0.1, 0.15) is 0 Å². The number of rotatable bonds is 1. The van der Waals surface area contributed by atoms with Crippen LogP contribution in [-0.2, 0) is 9.53 Å². The highest BCUT2D eigenvalue weighted by molar-refractivity contribution is 5.73. The molecule has 0 saturated carbocycles. The second-order valence-corrected chi connectivity index (χ2v) is 2.59. The zero-order valence-electron chi connectivity index (χ0n) is 7.04. The third-order valence-electron chi connectivity index (χ3n) is 1.63. The van der Waals surface area contributed by atoms with Crippen molar-refractivity contribution in [2.45, 2.75) is 25.8 Å². The minimum atomic E-state index is 0. The third kappa shape index (κ3) is 5.01. The van der Waals surface area contributed by atoms with Crippen LogP contribution < -0.4 is 5.32 Å². The molecule has 0 radical (unpaired) electrons. The first-order chi connectivity index (χ1) is 4.79. The summed E-state index contributed by atoms with van der Waals surface area (Å²) in [4.78, 5) is 10.6. The van der Waals surface area contributed by atoms with Gasteiger partial charge < -0.3 is 10.1 Å². The van der Waals surface area contributed by atoms with Gasteiger partial charge in [-0.15, -0.1) is 0 Å². The molecular weight excluding hydrogens is 168 g/mol. The summed E-state index contributed by atoms with van der Waals surface area (Å²) in [5.74, 6) is 0.0619. The summed E-state index contributed by atoms with van der Waals surface area (Å²) >= 11 is 0. The van der Waals surface area contributed by atoms with Gasteiger partial charge in [0.25, 0.3) is 0 Å². The Morgan fingerprint density at radius 1 is 1.42 bits per heavy atom. The van der Waals surface area contributed by atoms with Crippen molar-refractivity contribution in [2.24, 2.45) is 0 Å². The first kappa shape index (κ1) is 13.9. The molecule has 0 spiro atoms. The highest BCUT2D eigenvalue weighted by Crippen LogP contribution is 2.05. The van der Waals surface area contributed by atoms with Gasteiger partial charge in [-0.3, -0.25) is 14.2 Å². The van der Waals surface area contributed by atoms with Gasteiger partial charge in [0, 0.05) is 27.6 Å². The largest absolute Gasteiger partial charge is 0.381 e. The first-order valence-electron chi connectivity index (χ1n) is 3.64. The van der Waals surface area contributed by atoms with E-state index >= 15 is 0 Å². The summed E-state index contributed by atoms with van der Waals surface area (Å²) in [6.45, 7) is 3.12. The lowest BCUT2D eigenvalue weighted by atomic mass is 10.1. The van der Waals surface area contributed by atoms with Gasteiger partial charge in [0.2, 0.25) is 5.91 Å². The van der Waals surface area contributed by atoms with Gasteiger partial charge in [0.05, 0.1) is 0 Å². The fourth-order valence-electron chi connectivity index (χ4n) is 1.13. The van der Waals surface area contributed by atoms with E-state index in [2.05, 4.69) is 5.32 Å². The topological polar surface area (TPSA) is 38.3 Å². The SMILES string of the molecule is CC(=O)NC1CCOCC1.F.F.[HH]. The van der Waals surface area contributed by atoms with Gasteiger partial charge in [-0.1, -0.05) is 0 Å². The number of carbonyl (C=O) groups is 1. The highest BCUT2D eigenvalue weighted by Gasteiger charge is 2.13. The molecule has 76 valence electrons. The minimum Gasteiger partial charge on any atom is -0.381 e. The maximum atomic E-state index is 10.6. The van der Waals surface area contributed by atoms with Crippen molar-refractivity contribution >= 4 is 5.91 Å². The maximum Gasteiger partial charge on any atom is 0.217 e. The average molecular weight is 185 g/mol. The maximum absolute atomic E-state index is 10.6. The van der Waals surface area contributed by atoms with Crippen molar-refractivity contribution in [3.05, 3.63) is 0 Å². The van der Waals surface area contributed by atoms with Crippen LogP contribution in [0, 0.1) is 0 Å². The Kier molecular flexibility index (Phi) is 8.04. The number of halogens is 2. The van der Waals surface area contributed by atoms with Gasteiger partial charge >= 0.3 is 0 Å². The molecule has 1 fully saturated rings. The molecule has 1 saturated heterocycles. The van der Waals surface area contributed by atoms with Crippen LogP contribution in [0.25, 0.3) is 0 Å². The Bertz CT molecular complexity index is 132. The molecule has 1 aliphatic rings. The second kappa shape index (κ2) is 6.97. The van der Waals surface area contributed by atoms with Gasteiger partial charge in [-0.2, -0.15) is 0 Å². The molecule has 3 nitrogen and oxygen atoms in total. The Labute approximate surface area is 71.7 Å². The second-order valence-electron chi connectivity index (χ2n) is 2.59. The molecule has 1 rings (SSSR count). The molecule has 5 heteroatoms. The van der Waals surface area contributed by atoms with Crippen molar-refractivity contribution in [3.8, 4) is 0 Å². The van der Waals surface area contributed by atoms with E-state index in [-0.39, 0.29) is 16.7 Å². The summed E-state index contributed by atoms with van der Waals surface area (Å²) in [6, 6.07) is 0.353. The van der Waals surface area contributed by atoms with Gasteiger partial charge in [-0.05, 0) is 12.8 Å². The molecule has 1 aliphatic heterocycles. The van der Waals surface area contributed by atoms with Crippen molar-refractivity contribution < 1.29 is 20.4 Å². The average Bonchev–Trinajstić information content (AvgIpc) is 1.88. The summed E-state index contributed by atoms with van der Waals surface area (Å²) in [5, 5.41) is 2.86. The Morgan fingerprint density at radius 2 is 1.92 bits per heavy atom. The first-order valence-corrected chi connectivity index (χ1v) is 3.64. The van der Waals surface area contributed by atoms with Crippen molar-refractivity contribution in [1.82, 2.24) is 5.32 Å². The van der Waals surface area contributed by atoms with E-state index in [0.717, 1.165) is 26.1 Å². The monoisotopic (exact) mass is 185 g/mol. The van der Waals surface area contributed by atoms with Crippen LogP contribution in [0.4, 0.5) is 9.41 Å². The summed E-state index contributed by atoms with van der Waals surface area (Å²) in [6.07, 6.45) is 1.92. The molecular formula is C7H17F2NO2. The fraction of sp³-hybridized carbons (Fsp3) is 0.857. The Morgan fingerprint density at radius 3 is 2.33 bits per heavy atom. The number of hydrogen-bond donors (Lipinski definition) is 1. The molecule has 0 bridgehead atoms. The summed E-state index contributed by atoms with van der Waals surface area (Å²) < 4.78 is 5.13. The van der Waals surface area contributed by atoms with Crippen molar-refractivity contribution in [3.63, 3.8) is 0 Å². The molecule has 12 heavy (non-hydrogen) atoms. The molecule has 0 aromatic rings. The van der Waals surface area contributed by atoms with Crippen LogP contribution >= 0.6 is 0 Å². The lowest BCUT2D eigenvalue weighted by molar-refractivity contribution is -0.120. The molecule has 1 heterocycles. The standard InChI is InChI=1S/C7H13NO2.2FH.H2/c1-6(9)8-7-2-4-10-5-3-7;;;/h7H,2-5H2,1H3,(H,8,9);3*1H. The highest BCUT2D eigenvalue weighted by atomic mass is 19.0. The molecule has 0 atom stereocenters. The van der Waals surface area contributed by atoms with Crippen LogP contribution in [0.3, 0.4) is 0 Å². The molecule has 0 aromatic heterocycles. The molecule has 0 aliphatic carbocycles. The van der Waals surface area contributed by atoms with Gasteiger partial charge in [0.15, 0.2) is 0 Å². The van der Waals surface area contributed by atoms with E-state index in [4.69, 9.17) is 4.74 Å². The van der Waals surface area contributed by atoms with E-state index in [1.165, 1.54) is 0 Å². The van der Waals surface area contributed by atoms with Crippen LogP contribution in [0.1, 0.15) is 21.2 Å². The quantitative estimate of drug-likeness (QED) is 0.657. The molecule has 0 aromatic carbocycles. The van der Waals surface area contributed by atoms with Crippen LogP contribution in [0.2, 0.25) is 0 Å². The van der Waals surface area contributed by atoms with E-state index in [1.54, 1.807) is 6.92 Å². The van der Waals surface area contributed by atoms with E-state index < -0.39 is 0 Å². The normalized spacial score (nSPS) is 17.1. The predicted octanol–water partition coefficient (Wildman–Crippen LogP) is 0.852. The van der Waals surface area contributed by atoms with Crippen molar-refractivity contribution in [2.75, 3.05) is 13.2 Å². The predicted molar refractivity (Wildman–Crippen MR) is 44.8 cm³/mol. The van der Waals surface area contributed by atoms with Crippen LogP contribution in [0.5, 0.6) is 0 Å². The lowest BCUT2D eigenvalue weighted by Gasteiger charge is -2.22. The molecule has 1 N–H and O–H groups in total. The number of carbonyl (C=O) groups excluding carboxylic acids is 1. The zero-order chi connectivity index (χ0) is 7.40. The van der Waals surface area contributed by atoms with Crippen molar-refractivity contribution in [1.29, 1.82) is 0 Å². The number of nitrogens with one attached hydrogen (secondary N) is 1. The fourth-order valence-corrected chi connectivity index (χ4v) is 1.13. The summed E-state index contributed by atoms with van der Waals surface area (Å²) in [7, 11) is 0. The molecule has 1 amide bonds. The smallest absolute Gasteiger partial charge is 0.217 e. The molecule has 0 unspecified atom stereocenters. The third-order valence-corrected chi connectivity index (χ3v) is 1.63. The van der Waals surface area contributed by atoms with Crippen LogP contribution in [0.15, 0.2) is 0 Å². The number of hydrogen-bond acceptors (Lipinski definition) is 2. The Hall–Kier alpha value is -0.710. The number of amides is 1. The Balaban J connectivity index is -0.000000333. The number of ether oxygens (including phenoxy) is 1. The zero-order valence-corrected chi connectivity index (χ0v) is 7.04. The van der Waals surface area contributed by atoms with Gasteiger partial charge in [-0.25, -0.2) is 0 Å². The summed E-state index contributed by atoms with van der Waals surface area (Å²) in [5.41, 5.74) is 0.